The van der Waals surface area contributed by atoms with E-state index < -0.39 is 17.9 Å². The second kappa shape index (κ2) is 3.84. The lowest BCUT2D eigenvalue weighted by molar-refractivity contribution is -0.206. The van der Waals surface area contributed by atoms with Crippen LogP contribution in [0.2, 0.25) is 0 Å². The summed E-state index contributed by atoms with van der Waals surface area (Å²) in [7, 11) is 0. The van der Waals surface area contributed by atoms with Crippen molar-refractivity contribution >= 4 is 5.97 Å². The van der Waals surface area contributed by atoms with Crippen LogP contribution in [0.15, 0.2) is 24.5 Å². The molecule has 1 heterocycles. The zero-order valence-corrected chi connectivity index (χ0v) is 8.32. The minimum atomic E-state index is -0.956. The number of esters is 1. The summed E-state index contributed by atoms with van der Waals surface area (Å²) in [5.74, 6) is -0.992. The van der Waals surface area contributed by atoms with Crippen molar-refractivity contribution in [2.45, 2.75) is 32.2 Å². The fourth-order valence-electron chi connectivity index (χ4n) is 1.16. The number of carbonyl (C=O) groups excluding carboxylic acids is 1. The van der Waals surface area contributed by atoms with E-state index in [-0.39, 0.29) is 6.42 Å². The summed E-state index contributed by atoms with van der Waals surface area (Å²) >= 11 is 0. The zero-order valence-electron chi connectivity index (χ0n) is 8.32. The van der Waals surface area contributed by atoms with Gasteiger partial charge in [-0.1, -0.05) is 6.08 Å². The number of hydrogen-bond donors (Lipinski definition) is 1. The lowest BCUT2D eigenvalue weighted by atomic mass is 10.2. The van der Waals surface area contributed by atoms with Gasteiger partial charge in [0.25, 0.3) is 0 Å². The average molecular weight is 198 g/mol. The van der Waals surface area contributed by atoms with Crippen molar-refractivity contribution in [2.75, 3.05) is 0 Å². The first-order valence-electron chi connectivity index (χ1n) is 4.36. The third kappa shape index (κ3) is 2.88. The Kier molecular flexibility index (Phi) is 2.96. The molecular formula is C10H14O4. The monoisotopic (exact) mass is 198 g/mol. The highest BCUT2D eigenvalue weighted by atomic mass is 16.7. The van der Waals surface area contributed by atoms with Gasteiger partial charge in [-0.15, -0.1) is 6.58 Å². The summed E-state index contributed by atoms with van der Waals surface area (Å²) in [4.78, 5) is 11.1. The van der Waals surface area contributed by atoms with E-state index in [2.05, 4.69) is 6.58 Å². The van der Waals surface area contributed by atoms with Gasteiger partial charge in [-0.3, -0.25) is 0 Å². The van der Waals surface area contributed by atoms with Crippen LogP contribution in [0.1, 0.15) is 20.3 Å². The molecule has 1 atom stereocenters. The average Bonchev–Trinajstić information content (AvgIpc) is 1.99. The molecule has 0 aromatic carbocycles. The Hall–Kier alpha value is -1.29. The topological polar surface area (TPSA) is 55.8 Å². The lowest BCUT2D eigenvalue weighted by Crippen LogP contribution is -2.34. The molecule has 1 aliphatic heterocycles. The van der Waals surface area contributed by atoms with E-state index in [0.29, 0.717) is 5.76 Å². The first-order valence-corrected chi connectivity index (χ1v) is 4.36. The number of aliphatic hydroxyl groups is 1. The normalized spacial score (nSPS) is 21.6. The third-order valence-corrected chi connectivity index (χ3v) is 1.68. The van der Waals surface area contributed by atoms with Crippen molar-refractivity contribution in [2.24, 2.45) is 0 Å². The van der Waals surface area contributed by atoms with Crippen LogP contribution in [0, 0.1) is 0 Å². The standard InChI is InChI=1S/C10H14O4/c1-4-7(11)5-8-6-9(12)14-10(2,3)13-8/h4,6-7,11H,1,5H2,2-3H3/t7-/m0/s1. The molecule has 0 amide bonds. The van der Waals surface area contributed by atoms with Crippen LogP contribution in [0.25, 0.3) is 0 Å². The van der Waals surface area contributed by atoms with Gasteiger partial charge in [0.2, 0.25) is 5.79 Å². The van der Waals surface area contributed by atoms with Crippen LogP contribution in [0.3, 0.4) is 0 Å². The summed E-state index contributed by atoms with van der Waals surface area (Å²) in [6.07, 6.45) is 2.15. The summed E-state index contributed by atoms with van der Waals surface area (Å²) in [6.45, 7) is 6.71. The maximum Gasteiger partial charge on any atom is 0.337 e. The van der Waals surface area contributed by atoms with Gasteiger partial charge in [-0.25, -0.2) is 4.79 Å². The van der Waals surface area contributed by atoms with Crippen molar-refractivity contribution in [3.63, 3.8) is 0 Å². The largest absolute Gasteiger partial charge is 0.457 e. The molecule has 0 unspecified atom stereocenters. The van der Waals surface area contributed by atoms with Crippen LogP contribution < -0.4 is 0 Å². The highest BCUT2D eigenvalue weighted by Crippen LogP contribution is 2.24. The molecule has 1 N–H and O–H groups in total. The van der Waals surface area contributed by atoms with Crippen LogP contribution in [0.5, 0.6) is 0 Å². The number of carbonyl (C=O) groups is 1. The minimum absolute atomic E-state index is 0.238. The number of cyclic esters (lactones) is 1. The third-order valence-electron chi connectivity index (χ3n) is 1.68. The van der Waals surface area contributed by atoms with Crippen molar-refractivity contribution < 1.29 is 19.4 Å². The molecular weight excluding hydrogens is 184 g/mol. The van der Waals surface area contributed by atoms with Gasteiger partial charge < -0.3 is 14.6 Å². The van der Waals surface area contributed by atoms with E-state index in [1.807, 2.05) is 0 Å². The minimum Gasteiger partial charge on any atom is -0.457 e. The van der Waals surface area contributed by atoms with Crippen LogP contribution >= 0.6 is 0 Å². The van der Waals surface area contributed by atoms with Crippen molar-refractivity contribution in [3.8, 4) is 0 Å². The first kappa shape index (κ1) is 10.8. The molecule has 0 saturated carbocycles. The predicted molar refractivity (Wildman–Crippen MR) is 50.2 cm³/mol. The Morgan fingerprint density at radius 1 is 1.64 bits per heavy atom. The number of hydrogen-bond acceptors (Lipinski definition) is 4. The quantitative estimate of drug-likeness (QED) is 0.545. The molecule has 0 bridgehead atoms. The smallest absolute Gasteiger partial charge is 0.337 e. The van der Waals surface area contributed by atoms with Crippen molar-refractivity contribution in [1.29, 1.82) is 0 Å². The molecule has 78 valence electrons. The van der Waals surface area contributed by atoms with E-state index in [0.717, 1.165) is 0 Å². The Bertz CT molecular complexity index is 278. The summed E-state index contributed by atoms with van der Waals surface area (Å²) in [5, 5.41) is 9.28. The molecule has 0 aromatic rings. The molecule has 0 saturated heterocycles. The Morgan fingerprint density at radius 2 is 2.29 bits per heavy atom. The SMILES string of the molecule is C=C[C@H](O)CC1=CC(=O)OC(C)(C)O1. The summed E-state index contributed by atoms with van der Waals surface area (Å²) in [6, 6.07) is 0. The fraction of sp³-hybridized carbons (Fsp3) is 0.500. The predicted octanol–water partition coefficient (Wildman–Crippen LogP) is 1.12. The Labute approximate surface area is 82.8 Å². The maximum atomic E-state index is 11.1. The number of rotatable bonds is 3. The van der Waals surface area contributed by atoms with Gasteiger partial charge >= 0.3 is 5.97 Å². The van der Waals surface area contributed by atoms with Gasteiger partial charge in [0.05, 0.1) is 12.2 Å². The van der Waals surface area contributed by atoms with Gasteiger partial charge in [-0.2, -0.15) is 0 Å². The van der Waals surface area contributed by atoms with Crippen molar-refractivity contribution in [3.05, 3.63) is 24.5 Å². The van der Waals surface area contributed by atoms with E-state index in [1.165, 1.54) is 12.2 Å². The lowest BCUT2D eigenvalue weighted by Gasteiger charge is -2.31. The molecule has 0 aliphatic carbocycles. The van der Waals surface area contributed by atoms with Gasteiger partial charge in [0, 0.05) is 20.3 Å². The van der Waals surface area contributed by atoms with Gasteiger partial charge in [0.15, 0.2) is 0 Å². The summed E-state index contributed by atoms with van der Waals surface area (Å²) in [5.41, 5.74) is 0. The molecule has 4 nitrogen and oxygen atoms in total. The van der Waals surface area contributed by atoms with E-state index in [9.17, 15) is 9.90 Å². The molecule has 4 heteroatoms. The number of aliphatic hydroxyl groups excluding tert-OH is 1. The molecule has 0 aromatic heterocycles. The molecule has 14 heavy (non-hydrogen) atoms. The van der Waals surface area contributed by atoms with Crippen LogP contribution in [-0.2, 0) is 14.3 Å². The second-order valence-corrected chi connectivity index (χ2v) is 3.54. The first-order chi connectivity index (χ1) is 6.43. The number of ether oxygens (including phenoxy) is 2. The van der Waals surface area contributed by atoms with Crippen LogP contribution in [0.4, 0.5) is 0 Å². The van der Waals surface area contributed by atoms with Gasteiger partial charge in [-0.05, 0) is 0 Å². The van der Waals surface area contributed by atoms with Crippen molar-refractivity contribution in [1.82, 2.24) is 0 Å². The highest BCUT2D eigenvalue weighted by Gasteiger charge is 2.30. The molecule has 0 radical (unpaired) electrons. The molecule has 1 aliphatic rings. The molecule has 1 rings (SSSR count). The van der Waals surface area contributed by atoms with E-state index >= 15 is 0 Å². The Morgan fingerprint density at radius 3 is 2.79 bits per heavy atom. The van der Waals surface area contributed by atoms with E-state index in [1.54, 1.807) is 13.8 Å². The molecule has 0 spiro atoms. The van der Waals surface area contributed by atoms with Crippen LogP contribution in [-0.4, -0.2) is 23.0 Å². The van der Waals surface area contributed by atoms with Gasteiger partial charge in [0.1, 0.15) is 5.76 Å². The summed E-state index contributed by atoms with van der Waals surface area (Å²) < 4.78 is 10.2. The molecule has 0 fully saturated rings. The highest BCUT2D eigenvalue weighted by molar-refractivity contribution is 5.83. The van der Waals surface area contributed by atoms with E-state index in [4.69, 9.17) is 9.47 Å². The second-order valence-electron chi connectivity index (χ2n) is 3.54. The maximum absolute atomic E-state index is 11.1. The zero-order chi connectivity index (χ0) is 10.8. The Balaban J connectivity index is 2.69. The fourth-order valence-corrected chi connectivity index (χ4v) is 1.16.